The van der Waals surface area contributed by atoms with Crippen LogP contribution >= 0.6 is 0 Å². The average Bonchev–Trinajstić information content (AvgIpc) is 2.62. The van der Waals surface area contributed by atoms with E-state index in [0.717, 1.165) is 16.7 Å². The van der Waals surface area contributed by atoms with Gasteiger partial charge >= 0.3 is 0 Å². The second-order valence-corrected chi connectivity index (χ2v) is 8.09. The molecule has 0 aliphatic carbocycles. The van der Waals surface area contributed by atoms with Crippen molar-refractivity contribution in [1.82, 2.24) is 0 Å². The van der Waals surface area contributed by atoms with Crippen molar-refractivity contribution in [3.05, 3.63) is 95.3 Å². The van der Waals surface area contributed by atoms with Crippen LogP contribution in [0.25, 0.3) is 0 Å². The summed E-state index contributed by atoms with van der Waals surface area (Å²) >= 11 is 0. The summed E-state index contributed by atoms with van der Waals surface area (Å²) in [6.45, 7) is 4.02. The number of sulfonamides is 1. The molecule has 0 radical (unpaired) electrons. The molecule has 0 saturated carbocycles. The molecule has 0 aliphatic rings. The van der Waals surface area contributed by atoms with Gasteiger partial charge in [-0.1, -0.05) is 42.0 Å². The highest BCUT2D eigenvalue weighted by Crippen LogP contribution is 2.27. The number of aryl methyl sites for hydroxylation is 2. The van der Waals surface area contributed by atoms with Crippen LogP contribution in [0.4, 0.5) is 10.1 Å². The summed E-state index contributed by atoms with van der Waals surface area (Å²) < 4.78 is 41.2. The Morgan fingerprint density at radius 3 is 2.08 bits per heavy atom. The average molecular weight is 369 g/mol. The summed E-state index contributed by atoms with van der Waals surface area (Å²) in [6.07, 6.45) is 0. The molecule has 134 valence electrons. The van der Waals surface area contributed by atoms with Gasteiger partial charge in [-0.3, -0.25) is 4.31 Å². The molecule has 0 heterocycles. The summed E-state index contributed by atoms with van der Waals surface area (Å²) in [5.41, 5.74) is 3.30. The maximum Gasteiger partial charge on any atom is 0.264 e. The van der Waals surface area contributed by atoms with Gasteiger partial charge in [0.1, 0.15) is 5.82 Å². The fraction of sp³-hybridized carbons (Fsp3) is 0.143. The van der Waals surface area contributed by atoms with E-state index in [9.17, 15) is 12.8 Å². The van der Waals surface area contributed by atoms with E-state index in [2.05, 4.69) is 0 Å². The van der Waals surface area contributed by atoms with Gasteiger partial charge in [0.05, 0.1) is 17.1 Å². The van der Waals surface area contributed by atoms with Gasteiger partial charge in [0, 0.05) is 0 Å². The molecule has 0 fully saturated rings. The smallest absolute Gasteiger partial charge is 0.262 e. The van der Waals surface area contributed by atoms with Crippen LogP contribution in [0, 0.1) is 19.7 Å². The lowest BCUT2D eigenvalue weighted by Crippen LogP contribution is -2.30. The van der Waals surface area contributed by atoms with E-state index >= 15 is 0 Å². The standard InChI is InChI=1S/C21H20FNO2S/c1-16-7-13-21(14-8-16)26(24,25)23(20-11-9-19(22)10-12-20)15-18-6-4-3-5-17(18)2/h3-14H,15H2,1-2H3. The van der Waals surface area contributed by atoms with E-state index < -0.39 is 15.8 Å². The van der Waals surface area contributed by atoms with Crippen molar-refractivity contribution in [2.75, 3.05) is 4.31 Å². The van der Waals surface area contributed by atoms with E-state index in [1.54, 1.807) is 24.3 Å². The molecule has 0 bridgehead atoms. The van der Waals surface area contributed by atoms with Crippen LogP contribution in [0.1, 0.15) is 16.7 Å². The third-order valence-corrected chi connectivity index (χ3v) is 6.09. The normalized spacial score (nSPS) is 11.3. The third kappa shape index (κ3) is 3.78. The van der Waals surface area contributed by atoms with Crippen LogP contribution in [0.2, 0.25) is 0 Å². The van der Waals surface area contributed by atoms with E-state index in [1.165, 1.54) is 28.6 Å². The number of rotatable bonds is 5. The van der Waals surface area contributed by atoms with Crippen LogP contribution in [-0.4, -0.2) is 8.42 Å². The van der Waals surface area contributed by atoms with Crippen molar-refractivity contribution in [2.24, 2.45) is 0 Å². The largest absolute Gasteiger partial charge is 0.264 e. The van der Waals surface area contributed by atoms with Gasteiger partial charge in [0.2, 0.25) is 0 Å². The highest BCUT2D eigenvalue weighted by Gasteiger charge is 2.25. The first-order valence-corrected chi connectivity index (χ1v) is 9.71. The van der Waals surface area contributed by atoms with Gasteiger partial charge in [-0.25, -0.2) is 12.8 Å². The van der Waals surface area contributed by atoms with Gasteiger partial charge in [-0.2, -0.15) is 0 Å². The van der Waals surface area contributed by atoms with Crippen LogP contribution < -0.4 is 4.31 Å². The van der Waals surface area contributed by atoms with Crippen LogP contribution in [0.15, 0.2) is 77.7 Å². The van der Waals surface area contributed by atoms with Crippen molar-refractivity contribution < 1.29 is 12.8 Å². The SMILES string of the molecule is Cc1ccc(S(=O)(=O)N(Cc2ccccc2C)c2ccc(F)cc2)cc1. The molecule has 0 amide bonds. The maximum absolute atomic E-state index is 13.3. The number of nitrogens with zero attached hydrogens (tertiary/aromatic N) is 1. The molecular weight excluding hydrogens is 349 g/mol. The van der Waals surface area contributed by atoms with Crippen LogP contribution in [0.3, 0.4) is 0 Å². The van der Waals surface area contributed by atoms with E-state index in [-0.39, 0.29) is 11.4 Å². The van der Waals surface area contributed by atoms with Crippen molar-refractivity contribution in [2.45, 2.75) is 25.3 Å². The first-order chi connectivity index (χ1) is 12.4. The molecule has 3 aromatic rings. The monoisotopic (exact) mass is 369 g/mol. The van der Waals surface area contributed by atoms with E-state index in [4.69, 9.17) is 0 Å². The minimum atomic E-state index is -3.79. The van der Waals surface area contributed by atoms with E-state index in [0.29, 0.717) is 5.69 Å². The van der Waals surface area contributed by atoms with Crippen molar-refractivity contribution in [3.63, 3.8) is 0 Å². The molecule has 3 nitrogen and oxygen atoms in total. The predicted octanol–water partition coefficient (Wildman–Crippen LogP) is 4.84. The number of anilines is 1. The Kier molecular flexibility index (Phi) is 5.09. The number of halogens is 1. The molecular formula is C21H20FNO2S. The number of hydrogen-bond acceptors (Lipinski definition) is 2. The molecule has 0 N–H and O–H groups in total. The lowest BCUT2D eigenvalue weighted by Gasteiger charge is -2.25. The number of benzene rings is 3. The quantitative estimate of drug-likeness (QED) is 0.645. The minimum absolute atomic E-state index is 0.175. The van der Waals surface area contributed by atoms with Crippen LogP contribution in [0.5, 0.6) is 0 Å². The van der Waals surface area contributed by atoms with E-state index in [1.807, 2.05) is 38.1 Å². The fourth-order valence-corrected chi connectivity index (χ4v) is 4.14. The molecule has 3 aromatic carbocycles. The summed E-state index contributed by atoms with van der Waals surface area (Å²) in [7, 11) is -3.79. The second kappa shape index (κ2) is 7.30. The minimum Gasteiger partial charge on any atom is -0.262 e. The summed E-state index contributed by atoms with van der Waals surface area (Å²) in [5, 5.41) is 0. The summed E-state index contributed by atoms with van der Waals surface area (Å²) in [4.78, 5) is 0.209. The van der Waals surface area contributed by atoms with Gasteiger partial charge < -0.3 is 0 Å². The van der Waals surface area contributed by atoms with Crippen LogP contribution in [-0.2, 0) is 16.6 Å². The zero-order chi connectivity index (χ0) is 18.7. The van der Waals surface area contributed by atoms with Gasteiger partial charge in [-0.15, -0.1) is 0 Å². The Hall–Kier alpha value is -2.66. The Balaban J connectivity index is 2.09. The maximum atomic E-state index is 13.3. The Morgan fingerprint density at radius 2 is 1.46 bits per heavy atom. The second-order valence-electron chi connectivity index (χ2n) is 6.23. The van der Waals surface area contributed by atoms with Gasteiger partial charge in [0.25, 0.3) is 10.0 Å². The zero-order valence-corrected chi connectivity index (χ0v) is 15.5. The van der Waals surface area contributed by atoms with Gasteiger partial charge in [-0.05, 0) is 61.4 Å². The molecule has 0 aliphatic heterocycles. The molecule has 0 saturated heterocycles. The topological polar surface area (TPSA) is 37.4 Å². The molecule has 3 rings (SSSR count). The molecule has 26 heavy (non-hydrogen) atoms. The van der Waals surface area contributed by atoms with Crippen molar-refractivity contribution in [3.8, 4) is 0 Å². The Labute approximate surface area is 153 Å². The predicted molar refractivity (Wildman–Crippen MR) is 102 cm³/mol. The first-order valence-electron chi connectivity index (χ1n) is 8.27. The van der Waals surface area contributed by atoms with Crippen molar-refractivity contribution in [1.29, 1.82) is 0 Å². The van der Waals surface area contributed by atoms with Gasteiger partial charge in [0.15, 0.2) is 0 Å². The molecule has 5 heteroatoms. The molecule has 0 aromatic heterocycles. The van der Waals surface area contributed by atoms with Crippen molar-refractivity contribution >= 4 is 15.7 Å². The highest BCUT2D eigenvalue weighted by atomic mass is 32.2. The lowest BCUT2D eigenvalue weighted by molar-refractivity contribution is 0.590. The summed E-state index contributed by atoms with van der Waals surface area (Å²) in [6, 6.07) is 19.9. The highest BCUT2D eigenvalue weighted by molar-refractivity contribution is 7.92. The first kappa shape index (κ1) is 18.1. The molecule has 0 spiro atoms. The Morgan fingerprint density at radius 1 is 0.846 bits per heavy atom. The molecule has 0 atom stereocenters. The zero-order valence-electron chi connectivity index (χ0n) is 14.7. The number of hydrogen-bond donors (Lipinski definition) is 0. The molecule has 0 unspecified atom stereocenters. The summed E-state index contributed by atoms with van der Waals surface area (Å²) in [5.74, 6) is -0.405. The lowest BCUT2D eigenvalue weighted by atomic mass is 10.1. The third-order valence-electron chi connectivity index (χ3n) is 4.30. The fourth-order valence-electron chi connectivity index (χ4n) is 2.70. The Bertz CT molecular complexity index is 997.